The summed E-state index contributed by atoms with van der Waals surface area (Å²) in [5, 5.41) is 0.933. The fourth-order valence-electron chi connectivity index (χ4n) is 1.82. The van der Waals surface area contributed by atoms with Gasteiger partial charge in [0.05, 0.1) is 10.2 Å². The molecular formula is C13H10BrN3S. The zero-order chi connectivity index (χ0) is 12.7. The van der Waals surface area contributed by atoms with Gasteiger partial charge in [-0.3, -0.25) is 0 Å². The Morgan fingerprint density at radius 3 is 2.44 bits per heavy atom. The van der Waals surface area contributed by atoms with Crippen LogP contribution < -0.4 is 11.5 Å². The molecule has 3 rings (SSSR count). The van der Waals surface area contributed by atoms with E-state index in [9.17, 15) is 0 Å². The predicted octanol–water partition coefficient (Wildman–Crippen LogP) is 3.89. The molecule has 0 aliphatic rings. The lowest BCUT2D eigenvalue weighted by atomic mass is 10.2. The van der Waals surface area contributed by atoms with Crippen molar-refractivity contribution in [3.63, 3.8) is 0 Å². The summed E-state index contributed by atoms with van der Waals surface area (Å²) in [6, 6.07) is 11.6. The number of hydrogen-bond acceptors (Lipinski definition) is 4. The van der Waals surface area contributed by atoms with Gasteiger partial charge in [-0.2, -0.15) is 0 Å². The van der Waals surface area contributed by atoms with Crippen LogP contribution in [0.5, 0.6) is 0 Å². The van der Waals surface area contributed by atoms with Gasteiger partial charge >= 0.3 is 0 Å². The minimum atomic E-state index is 0.658. The third kappa shape index (κ3) is 2.07. The first-order valence-corrected chi connectivity index (χ1v) is 6.95. The molecule has 2 aromatic carbocycles. The first-order valence-electron chi connectivity index (χ1n) is 5.34. The van der Waals surface area contributed by atoms with E-state index < -0.39 is 0 Å². The molecule has 1 aromatic heterocycles. The Kier molecular flexibility index (Phi) is 2.72. The molecule has 0 aliphatic heterocycles. The maximum Gasteiger partial charge on any atom is 0.124 e. The fraction of sp³-hybridized carbons (Fsp3) is 0. The van der Waals surface area contributed by atoms with Crippen LogP contribution in [-0.2, 0) is 0 Å². The second kappa shape index (κ2) is 4.26. The van der Waals surface area contributed by atoms with E-state index in [0.29, 0.717) is 11.4 Å². The molecule has 0 atom stereocenters. The van der Waals surface area contributed by atoms with E-state index in [1.807, 2.05) is 24.3 Å². The molecule has 0 radical (unpaired) electrons. The molecule has 3 nitrogen and oxygen atoms in total. The lowest BCUT2D eigenvalue weighted by molar-refractivity contribution is 1.47. The van der Waals surface area contributed by atoms with Gasteiger partial charge in [-0.05, 0) is 36.4 Å². The molecule has 0 spiro atoms. The van der Waals surface area contributed by atoms with Crippen molar-refractivity contribution in [3.05, 3.63) is 40.9 Å². The zero-order valence-corrected chi connectivity index (χ0v) is 11.8. The standard InChI is InChI=1S/C13H10BrN3S/c14-8-1-2-11-12(5-8)18-13(17-11)7-3-9(15)6-10(16)4-7/h1-6H,15-16H2. The minimum Gasteiger partial charge on any atom is -0.399 e. The van der Waals surface area contributed by atoms with Crippen molar-refractivity contribution in [2.75, 3.05) is 11.5 Å². The number of fused-ring (bicyclic) bond motifs is 1. The van der Waals surface area contributed by atoms with Gasteiger partial charge in [0.15, 0.2) is 0 Å². The average molecular weight is 320 g/mol. The van der Waals surface area contributed by atoms with E-state index in [1.165, 1.54) is 0 Å². The number of aromatic nitrogens is 1. The summed E-state index contributed by atoms with van der Waals surface area (Å²) in [7, 11) is 0. The first kappa shape index (κ1) is 11.5. The van der Waals surface area contributed by atoms with Crippen LogP contribution in [0.2, 0.25) is 0 Å². The van der Waals surface area contributed by atoms with Crippen molar-refractivity contribution in [2.45, 2.75) is 0 Å². The van der Waals surface area contributed by atoms with Crippen LogP contribution in [0, 0.1) is 0 Å². The number of benzene rings is 2. The van der Waals surface area contributed by atoms with Crippen LogP contribution in [-0.4, -0.2) is 4.98 Å². The van der Waals surface area contributed by atoms with Crippen LogP contribution >= 0.6 is 27.3 Å². The van der Waals surface area contributed by atoms with Crippen molar-refractivity contribution in [1.82, 2.24) is 4.98 Å². The largest absolute Gasteiger partial charge is 0.399 e. The molecule has 90 valence electrons. The number of anilines is 2. The highest BCUT2D eigenvalue weighted by Crippen LogP contribution is 2.33. The van der Waals surface area contributed by atoms with Crippen molar-refractivity contribution >= 4 is 48.9 Å². The average Bonchev–Trinajstić information content (AvgIpc) is 2.70. The quantitative estimate of drug-likeness (QED) is 0.669. The molecule has 0 bridgehead atoms. The highest BCUT2D eigenvalue weighted by molar-refractivity contribution is 9.10. The number of thiazole rings is 1. The van der Waals surface area contributed by atoms with E-state index in [0.717, 1.165) is 25.3 Å². The Morgan fingerprint density at radius 1 is 1.00 bits per heavy atom. The van der Waals surface area contributed by atoms with Gasteiger partial charge in [0.25, 0.3) is 0 Å². The minimum absolute atomic E-state index is 0.658. The van der Waals surface area contributed by atoms with E-state index in [-0.39, 0.29) is 0 Å². The van der Waals surface area contributed by atoms with Crippen LogP contribution in [0.4, 0.5) is 11.4 Å². The third-order valence-electron chi connectivity index (χ3n) is 2.58. The maximum atomic E-state index is 5.80. The number of rotatable bonds is 1. The van der Waals surface area contributed by atoms with Crippen molar-refractivity contribution < 1.29 is 0 Å². The number of nitrogens with zero attached hydrogens (tertiary/aromatic N) is 1. The summed E-state index contributed by atoms with van der Waals surface area (Å²) in [6.45, 7) is 0. The highest BCUT2D eigenvalue weighted by Gasteiger charge is 2.07. The van der Waals surface area contributed by atoms with Gasteiger partial charge in [0.2, 0.25) is 0 Å². The van der Waals surface area contributed by atoms with Crippen molar-refractivity contribution in [2.24, 2.45) is 0 Å². The summed E-state index contributed by atoms with van der Waals surface area (Å²) < 4.78 is 2.19. The molecule has 1 heterocycles. The fourth-order valence-corrected chi connectivity index (χ4v) is 3.33. The molecule has 5 heteroatoms. The summed E-state index contributed by atoms with van der Waals surface area (Å²) in [4.78, 5) is 4.59. The van der Waals surface area contributed by atoms with Crippen LogP contribution in [0.1, 0.15) is 0 Å². The van der Waals surface area contributed by atoms with Crippen LogP contribution in [0.15, 0.2) is 40.9 Å². The second-order valence-corrected chi connectivity index (χ2v) is 5.97. The molecule has 4 N–H and O–H groups in total. The molecular weight excluding hydrogens is 310 g/mol. The topological polar surface area (TPSA) is 64.9 Å². The van der Waals surface area contributed by atoms with E-state index in [2.05, 4.69) is 27.0 Å². The number of hydrogen-bond donors (Lipinski definition) is 2. The maximum absolute atomic E-state index is 5.80. The molecule has 0 saturated carbocycles. The van der Waals surface area contributed by atoms with Gasteiger partial charge in [-0.15, -0.1) is 11.3 Å². The Morgan fingerprint density at radius 2 is 1.72 bits per heavy atom. The summed E-state index contributed by atoms with van der Waals surface area (Å²) in [5.74, 6) is 0. The summed E-state index contributed by atoms with van der Waals surface area (Å²) in [6.07, 6.45) is 0. The Balaban J connectivity index is 2.19. The third-order valence-corrected chi connectivity index (χ3v) is 4.14. The zero-order valence-electron chi connectivity index (χ0n) is 9.35. The predicted molar refractivity (Wildman–Crippen MR) is 81.6 cm³/mol. The monoisotopic (exact) mass is 319 g/mol. The molecule has 3 aromatic rings. The first-order chi connectivity index (χ1) is 8.61. The van der Waals surface area contributed by atoms with Gasteiger partial charge in [-0.25, -0.2) is 4.98 Å². The molecule has 0 unspecified atom stereocenters. The molecule has 18 heavy (non-hydrogen) atoms. The van der Waals surface area contributed by atoms with Crippen LogP contribution in [0.25, 0.3) is 20.8 Å². The molecule has 0 aliphatic carbocycles. The van der Waals surface area contributed by atoms with Crippen molar-refractivity contribution in [3.8, 4) is 10.6 Å². The smallest absolute Gasteiger partial charge is 0.124 e. The highest BCUT2D eigenvalue weighted by atomic mass is 79.9. The molecule has 0 amide bonds. The number of nitrogens with two attached hydrogens (primary N) is 2. The van der Waals surface area contributed by atoms with E-state index >= 15 is 0 Å². The molecule has 0 fully saturated rings. The number of nitrogen functional groups attached to an aromatic ring is 2. The van der Waals surface area contributed by atoms with Crippen molar-refractivity contribution in [1.29, 1.82) is 0 Å². The number of halogens is 1. The van der Waals surface area contributed by atoms with Gasteiger partial charge in [0.1, 0.15) is 5.01 Å². The van der Waals surface area contributed by atoms with Gasteiger partial charge < -0.3 is 11.5 Å². The van der Waals surface area contributed by atoms with Gasteiger partial charge in [0, 0.05) is 21.4 Å². The lowest BCUT2D eigenvalue weighted by Crippen LogP contribution is -1.90. The second-order valence-electron chi connectivity index (χ2n) is 4.02. The Hall–Kier alpha value is -1.59. The van der Waals surface area contributed by atoms with E-state index in [4.69, 9.17) is 11.5 Å². The van der Waals surface area contributed by atoms with Crippen LogP contribution in [0.3, 0.4) is 0 Å². The van der Waals surface area contributed by atoms with Gasteiger partial charge in [-0.1, -0.05) is 15.9 Å². The van der Waals surface area contributed by atoms with E-state index in [1.54, 1.807) is 17.4 Å². The lowest BCUT2D eigenvalue weighted by Gasteiger charge is -2.00. The molecule has 0 saturated heterocycles. The summed E-state index contributed by atoms with van der Waals surface area (Å²) >= 11 is 5.09. The SMILES string of the molecule is Nc1cc(N)cc(-c2nc3ccc(Br)cc3s2)c1. The Labute approximate surface area is 117 Å². The Bertz CT molecular complexity index is 716. The summed E-state index contributed by atoms with van der Waals surface area (Å²) in [5.41, 5.74) is 14.9. The normalized spacial score (nSPS) is 10.9.